The quantitative estimate of drug-likeness (QED) is 0.0296. The Hall–Kier alpha value is -1.78. The Morgan fingerprint density at radius 3 is 1.73 bits per heavy atom. The van der Waals surface area contributed by atoms with Gasteiger partial charge in [-0.25, -0.2) is 4.57 Å². The highest BCUT2D eigenvalue weighted by molar-refractivity contribution is 7.47. The minimum Gasteiger partial charge on any atom is -0.480 e. The van der Waals surface area contributed by atoms with Gasteiger partial charge in [-0.3, -0.25) is 23.4 Å². The molecule has 11 nitrogen and oxygen atoms in total. The molecule has 0 aromatic carbocycles. The van der Waals surface area contributed by atoms with Gasteiger partial charge in [-0.15, -0.1) is 0 Å². The van der Waals surface area contributed by atoms with Gasteiger partial charge in [0.2, 0.25) is 0 Å². The van der Waals surface area contributed by atoms with Crippen LogP contribution in [0.5, 0.6) is 0 Å². The molecule has 0 aromatic rings. The lowest BCUT2D eigenvalue weighted by Crippen LogP contribution is -2.34. The van der Waals surface area contributed by atoms with E-state index in [1.807, 2.05) is 0 Å². The Balaban J connectivity index is 4.52. The van der Waals surface area contributed by atoms with E-state index in [9.17, 15) is 23.8 Å². The van der Waals surface area contributed by atoms with Gasteiger partial charge in [0.25, 0.3) is 0 Å². The fraction of sp³-hybridized carbons (Fsp3) is 0.844. The summed E-state index contributed by atoms with van der Waals surface area (Å²) in [6.45, 7) is 2.69. The first-order valence-electron chi connectivity index (χ1n) is 16.7. The summed E-state index contributed by atoms with van der Waals surface area (Å²) in [5.74, 6) is -2.39. The fourth-order valence-electron chi connectivity index (χ4n) is 4.28. The molecule has 0 spiro atoms. The van der Waals surface area contributed by atoms with Crippen LogP contribution in [0.15, 0.2) is 12.2 Å². The van der Waals surface area contributed by atoms with E-state index in [0.717, 1.165) is 57.8 Å². The molecule has 0 saturated heterocycles. The molecule has 1 unspecified atom stereocenters. The van der Waals surface area contributed by atoms with Crippen LogP contribution in [0.4, 0.5) is 0 Å². The van der Waals surface area contributed by atoms with Gasteiger partial charge < -0.3 is 25.2 Å². The molecular weight excluding hydrogens is 589 g/mol. The molecular formula is C32H60NO10P. The number of aliphatic carboxylic acids is 1. The summed E-state index contributed by atoms with van der Waals surface area (Å²) >= 11 is 0. The van der Waals surface area contributed by atoms with E-state index < -0.39 is 51.1 Å². The lowest BCUT2D eigenvalue weighted by atomic mass is 10.1. The molecule has 0 aliphatic rings. The van der Waals surface area contributed by atoms with E-state index in [-0.39, 0.29) is 19.4 Å². The number of hydrogen-bond acceptors (Lipinski definition) is 9. The van der Waals surface area contributed by atoms with Crippen molar-refractivity contribution >= 4 is 25.7 Å². The van der Waals surface area contributed by atoms with E-state index in [1.54, 1.807) is 0 Å². The Kier molecular flexibility index (Phi) is 27.5. The van der Waals surface area contributed by atoms with Gasteiger partial charge in [0.1, 0.15) is 12.6 Å². The van der Waals surface area contributed by atoms with Crippen molar-refractivity contribution in [2.45, 2.75) is 154 Å². The van der Waals surface area contributed by atoms with E-state index in [4.69, 9.17) is 24.8 Å². The van der Waals surface area contributed by atoms with Gasteiger partial charge in [0.05, 0.1) is 13.2 Å². The third kappa shape index (κ3) is 27.7. The van der Waals surface area contributed by atoms with Gasteiger partial charge in [-0.05, 0) is 32.1 Å². The summed E-state index contributed by atoms with van der Waals surface area (Å²) in [6.07, 6.45) is 23.0. The first kappa shape index (κ1) is 42.2. The van der Waals surface area contributed by atoms with Crippen molar-refractivity contribution < 1.29 is 47.5 Å². The summed E-state index contributed by atoms with van der Waals surface area (Å²) in [4.78, 5) is 45.4. The molecule has 0 radical (unpaired) electrons. The second kappa shape index (κ2) is 28.7. The van der Waals surface area contributed by atoms with Crippen molar-refractivity contribution in [3.05, 3.63) is 12.2 Å². The Labute approximate surface area is 265 Å². The molecule has 0 aliphatic heterocycles. The number of rotatable bonds is 31. The topological polar surface area (TPSA) is 172 Å². The number of nitrogens with two attached hydrogens (primary N) is 1. The number of carboxylic acids is 1. The van der Waals surface area contributed by atoms with Crippen molar-refractivity contribution in [2.24, 2.45) is 5.73 Å². The van der Waals surface area contributed by atoms with Crippen LogP contribution in [0.1, 0.15) is 142 Å². The van der Waals surface area contributed by atoms with Gasteiger partial charge in [-0.2, -0.15) is 0 Å². The molecule has 0 bridgehead atoms. The molecule has 0 amide bonds. The maximum Gasteiger partial charge on any atom is 0.472 e. The average Bonchev–Trinajstić information content (AvgIpc) is 2.99. The summed E-state index contributed by atoms with van der Waals surface area (Å²) < 4.78 is 32.3. The average molecular weight is 650 g/mol. The maximum absolute atomic E-state index is 12.4. The van der Waals surface area contributed by atoms with Crippen LogP contribution in [-0.2, 0) is 37.5 Å². The number of carboxylic acid groups (broad SMARTS) is 1. The van der Waals surface area contributed by atoms with Crippen molar-refractivity contribution in [3.63, 3.8) is 0 Å². The molecule has 0 heterocycles. The van der Waals surface area contributed by atoms with E-state index in [1.165, 1.54) is 44.9 Å². The van der Waals surface area contributed by atoms with Crippen molar-refractivity contribution in [2.75, 3.05) is 19.8 Å². The van der Waals surface area contributed by atoms with Crippen molar-refractivity contribution in [1.82, 2.24) is 0 Å². The number of carbonyl (C=O) groups is 3. The second-order valence-corrected chi connectivity index (χ2v) is 12.8. The molecule has 0 rings (SSSR count). The van der Waals surface area contributed by atoms with Crippen LogP contribution in [0.3, 0.4) is 0 Å². The minimum atomic E-state index is -4.70. The normalized spacial score (nSPS) is 14.3. The smallest absolute Gasteiger partial charge is 0.472 e. The molecule has 258 valence electrons. The van der Waals surface area contributed by atoms with E-state index in [2.05, 4.69) is 30.5 Å². The summed E-state index contributed by atoms with van der Waals surface area (Å²) in [5.41, 5.74) is 5.29. The van der Waals surface area contributed by atoms with Gasteiger partial charge in [0.15, 0.2) is 6.10 Å². The van der Waals surface area contributed by atoms with Crippen LogP contribution in [0.25, 0.3) is 0 Å². The molecule has 44 heavy (non-hydrogen) atoms. The Morgan fingerprint density at radius 2 is 1.16 bits per heavy atom. The van der Waals surface area contributed by atoms with Gasteiger partial charge >= 0.3 is 25.7 Å². The number of phosphoric ester groups is 1. The zero-order valence-electron chi connectivity index (χ0n) is 27.3. The summed E-state index contributed by atoms with van der Waals surface area (Å²) in [7, 11) is -4.70. The van der Waals surface area contributed by atoms with Crippen LogP contribution < -0.4 is 5.73 Å². The number of phosphoric acid groups is 1. The molecule has 0 fully saturated rings. The van der Waals surface area contributed by atoms with E-state index >= 15 is 0 Å². The molecule has 0 aliphatic carbocycles. The number of ether oxygens (including phenoxy) is 2. The molecule has 0 saturated carbocycles. The van der Waals surface area contributed by atoms with Crippen molar-refractivity contribution in [3.8, 4) is 0 Å². The minimum absolute atomic E-state index is 0.162. The van der Waals surface area contributed by atoms with Gasteiger partial charge in [-0.1, -0.05) is 109 Å². The SMILES string of the molecule is CCCC/C=C/CCCCCCCC(=O)OC[C@H](COP(=O)(O)OC[C@H](N)C(=O)O)OC(=O)CCCCCCCCCCC. The first-order chi connectivity index (χ1) is 21.1. The number of carbonyl (C=O) groups excluding carboxylic acids is 2. The lowest BCUT2D eigenvalue weighted by Gasteiger charge is -2.20. The summed E-state index contributed by atoms with van der Waals surface area (Å²) in [5, 5.41) is 8.81. The highest BCUT2D eigenvalue weighted by atomic mass is 31.2. The molecule has 3 atom stereocenters. The molecule has 4 N–H and O–H groups in total. The number of allylic oxidation sites excluding steroid dienone is 2. The fourth-order valence-corrected chi connectivity index (χ4v) is 5.06. The maximum atomic E-state index is 12.4. The largest absolute Gasteiger partial charge is 0.480 e. The van der Waals surface area contributed by atoms with E-state index in [0.29, 0.717) is 12.8 Å². The predicted molar refractivity (Wildman–Crippen MR) is 171 cm³/mol. The predicted octanol–water partition coefficient (Wildman–Crippen LogP) is 7.38. The number of hydrogen-bond donors (Lipinski definition) is 3. The van der Waals surface area contributed by atoms with Crippen LogP contribution in [0, 0.1) is 0 Å². The van der Waals surface area contributed by atoms with Gasteiger partial charge in [0, 0.05) is 12.8 Å². The van der Waals surface area contributed by atoms with Crippen LogP contribution >= 0.6 is 7.82 Å². The van der Waals surface area contributed by atoms with Crippen LogP contribution in [0.2, 0.25) is 0 Å². The Bertz CT molecular complexity index is 823. The monoisotopic (exact) mass is 649 g/mol. The highest BCUT2D eigenvalue weighted by Gasteiger charge is 2.28. The molecule has 0 aromatic heterocycles. The molecule has 12 heteroatoms. The standard InChI is InChI=1S/C32H60NO10P/c1-3-5-7-9-11-13-14-16-17-19-21-23-30(34)40-25-28(26-41-44(38,39)42-27-29(33)32(36)37)43-31(35)24-22-20-18-15-12-10-8-6-4-2/h9,11,28-29H,3-8,10,12-27,33H2,1-2H3,(H,36,37)(H,38,39)/b11-9+/t28-,29+/m1/s1. The third-order valence-electron chi connectivity index (χ3n) is 7.01. The zero-order valence-corrected chi connectivity index (χ0v) is 28.2. The number of unbranched alkanes of at least 4 members (excludes halogenated alkanes) is 15. The number of esters is 2. The third-order valence-corrected chi connectivity index (χ3v) is 7.96. The first-order valence-corrected chi connectivity index (χ1v) is 18.2. The Morgan fingerprint density at radius 1 is 0.682 bits per heavy atom. The summed E-state index contributed by atoms with van der Waals surface area (Å²) in [6, 6.07) is -1.52. The second-order valence-electron chi connectivity index (χ2n) is 11.3. The zero-order chi connectivity index (χ0) is 32.9. The van der Waals surface area contributed by atoms with Crippen LogP contribution in [-0.4, -0.2) is 59.9 Å². The lowest BCUT2D eigenvalue weighted by molar-refractivity contribution is -0.161. The highest BCUT2D eigenvalue weighted by Crippen LogP contribution is 2.43. The van der Waals surface area contributed by atoms with Crippen molar-refractivity contribution in [1.29, 1.82) is 0 Å².